The molecule has 3 N–H and O–H groups in total. The predicted molar refractivity (Wildman–Crippen MR) is 109 cm³/mol. The van der Waals surface area contributed by atoms with E-state index in [0.717, 1.165) is 55.6 Å². The van der Waals surface area contributed by atoms with Gasteiger partial charge in [-0.25, -0.2) is 4.79 Å². The van der Waals surface area contributed by atoms with Gasteiger partial charge in [0.05, 0.1) is 22.4 Å². The number of hydrogen-bond donors (Lipinski definition) is 2. The van der Waals surface area contributed by atoms with E-state index in [4.69, 9.17) is 22.1 Å². The highest BCUT2D eigenvalue weighted by atomic mass is 35.5. The average molecular weight is 395 g/mol. The number of rotatable bonds is 6. The molecule has 0 amide bonds. The lowest BCUT2D eigenvalue weighted by atomic mass is 9.75. The minimum atomic E-state index is -0.927. The van der Waals surface area contributed by atoms with Crippen LogP contribution in [-0.2, 0) is 4.74 Å². The molecule has 6 heteroatoms. The van der Waals surface area contributed by atoms with Gasteiger partial charge in [0.1, 0.15) is 0 Å². The van der Waals surface area contributed by atoms with Crippen LogP contribution in [0.3, 0.4) is 0 Å². The van der Waals surface area contributed by atoms with E-state index >= 15 is 0 Å². The standard InChI is InChI=1S/C21H31ClN2O3/c1-21(2)14(8-7-9-23)16-13(20(25)26)12-15(22)18(17(16)19(21)27-3)24-10-5-4-6-11-24/h12,14,19H,4-11,23H2,1-3H3,(H,25,26). The van der Waals surface area contributed by atoms with Gasteiger partial charge in [-0.15, -0.1) is 0 Å². The number of fused-ring (bicyclic) bond motifs is 1. The van der Waals surface area contributed by atoms with Crippen LogP contribution in [0.25, 0.3) is 0 Å². The van der Waals surface area contributed by atoms with Crippen LogP contribution in [0, 0.1) is 5.41 Å². The molecule has 2 unspecified atom stereocenters. The fourth-order valence-electron chi connectivity index (χ4n) is 5.12. The molecule has 2 atom stereocenters. The number of nitrogens with two attached hydrogens (primary N) is 1. The number of benzene rings is 1. The average Bonchev–Trinajstić information content (AvgIpc) is 2.85. The molecule has 0 aromatic heterocycles. The zero-order valence-corrected chi connectivity index (χ0v) is 17.3. The van der Waals surface area contributed by atoms with Crippen LogP contribution in [-0.4, -0.2) is 37.8 Å². The highest BCUT2D eigenvalue weighted by Gasteiger charge is 2.51. The molecule has 0 bridgehead atoms. The second kappa shape index (κ2) is 7.98. The van der Waals surface area contributed by atoms with E-state index in [1.54, 1.807) is 13.2 Å². The third kappa shape index (κ3) is 3.45. The van der Waals surface area contributed by atoms with Gasteiger partial charge in [0.25, 0.3) is 0 Å². The first-order chi connectivity index (χ1) is 12.8. The van der Waals surface area contributed by atoms with Gasteiger partial charge in [-0.2, -0.15) is 0 Å². The van der Waals surface area contributed by atoms with Gasteiger partial charge in [-0.05, 0) is 56.2 Å². The second-order valence-electron chi connectivity index (χ2n) is 8.36. The van der Waals surface area contributed by atoms with Gasteiger partial charge in [-0.3, -0.25) is 0 Å². The molecule has 1 saturated heterocycles. The van der Waals surface area contributed by atoms with E-state index < -0.39 is 5.97 Å². The number of carboxylic acids is 1. The molecule has 5 nitrogen and oxygen atoms in total. The molecule has 2 aliphatic rings. The molecule has 1 aromatic carbocycles. The Morgan fingerprint density at radius 1 is 1.33 bits per heavy atom. The van der Waals surface area contributed by atoms with E-state index in [0.29, 0.717) is 17.1 Å². The van der Waals surface area contributed by atoms with Crippen molar-refractivity contribution in [3.05, 3.63) is 27.8 Å². The number of halogens is 1. The van der Waals surface area contributed by atoms with Gasteiger partial charge in [0.15, 0.2) is 0 Å². The number of piperidine rings is 1. The summed E-state index contributed by atoms with van der Waals surface area (Å²) >= 11 is 6.68. The molecule has 0 radical (unpaired) electrons. The maximum absolute atomic E-state index is 12.1. The van der Waals surface area contributed by atoms with Crippen molar-refractivity contribution in [1.29, 1.82) is 0 Å². The highest BCUT2D eigenvalue weighted by Crippen LogP contribution is 2.61. The molecule has 1 heterocycles. The number of carboxylic acid groups (broad SMARTS) is 1. The Kier molecular flexibility index (Phi) is 6.04. The van der Waals surface area contributed by atoms with Crippen LogP contribution < -0.4 is 10.6 Å². The summed E-state index contributed by atoms with van der Waals surface area (Å²) in [4.78, 5) is 14.4. The highest BCUT2D eigenvalue weighted by molar-refractivity contribution is 6.34. The fraction of sp³-hybridized carbons (Fsp3) is 0.667. The Bertz CT molecular complexity index is 714. The number of hydrogen-bond acceptors (Lipinski definition) is 4. The monoisotopic (exact) mass is 394 g/mol. The summed E-state index contributed by atoms with van der Waals surface area (Å²) < 4.78 is 5.97. The predicted octanol–water partition coefficient (Wildman–Crippen LogP) is 4.58. The number of methoxy groups -OCH3 is 1. The molecular formula is C21H31ClN2O3. The molecule has 3 rings (SSSR count). The number of aromatic carboxylic acids is 1. The normalized spacial score (nSPS) is 24.1. The maximum Gasteiger partial charge on any atom is 0.336 e. The van der Waals surface area contributed by atoms with Crippen molar-refractivity contribution in [2.45, 2.75) is 58.0 Å². The van der Waals surface area contributed by atoms with Gasteiger partial charge in [0, 0.05) is 31.2 Å². The Balaban J connectivity index is 2.25. The largest absolute Gasteiger partial charge is 0.478 e. The lowest BCUT2D eigenvalue weighted by Crippen LogP contribution is -2.31. The molecular weight excluding hydrogens is 364 g/mol. The summed E-state index contributed by atoms with van der Waals surface area (Å²) in [5.41, 5.74) is 8.72. The Morgan fingerprint density at radius 3 is 2.56 bits per heavy atom. The summed E-state index contributed by atoms with van der Waals surface area (Å²) in [6, 6.07) is 1.65. The Morgan fingerprint density at radius 2 is 2.00 bits per heavy atom. The fourth-order valence-corrected chi connectivity index (χ4v) is 5.45. The van der Waals surface area contributed by atoms with E-state index in [9.17, 15) is 9.90 Å². The molecule has 1 aromatic rings. The third-order valence-electron chi connectivity index (χ3n) is 6.35. The van der Waals surface area contributed by atoms with Crippen LogP contribution in [0.5, 0.6) is 0 Å². The molecule has 1 aliphatic heterocycles. The van der Waals surface area contributed by atoms with Crippen molar-refractivity contribution in [2.75, 3.05) is 31.6 Å². The first kappa shape index (κ1) is 20.4. The first-order valence-corrected chi connectivity index (χ1v) is 10.3. The van der Waals surface area contributed by atoms with Crippen LogP contribution in [0.4, 0.5) is 5.69 Å². The van der Waals surface area contributed by atoms with Crippen LogP contribution in [0.15, 0.2) is 6.07 Å². The topological polar surface area (TPSA) is 75.8 Å². The van der Waals surface area contributed by atoms with Crippen LogP contribution >= 0.6 is 11.6 Å². The minimum absolute atomic E-state index is 0.0768. The molecule has 27 heavy (non-hydrogen) atoms. The number of anilines is 1. The lowest BCUT2D eigenvalue weighted by Gasteiger charge is -2.35. The SMILES string of the molecule is COC1c2c(c(C(=O)O)cc(Cl)c2N2CCCCC2)C(CCCN)C1(C)C. The zero-order valence-electron chi connectivity index (χ0n) is 16.6. The van der Waals surface area contributed by atoms with Crippen LogP contribution in [0.2, 0.25) is 5.02 Å². The molecule has 0 spiro atoms. The van der Waals surface area contributed by atoms with E-state index in [1.165, 1.54) is 6.42 Å². The molecule has 150 valence electrons. The van der Waals surface area contributed by atoms with Gasteiger partial charge < -0.3 is 20.5 Å². The summed E-state index contributed by atoms with van der Waals surface area (Å²) in [5, 5.41) is 10.4. The van der Waals surface area contributed by atoms with Gasteiger partial charge >= 0.3 is 5.97 Å². The molecule has 1 aliphatic carbocycles. The number of carbonyl (C=O) groups is 1. The van der Waals surface area contributed by atoms with Crippen molar-refractivity contribution < 1.29 is 14.6 Å². The first-order valence-electron chi connectivity index (χ1n) is 9.92. The van der Waals surface area contributed by atoms with Gasteiger partial charge in [-0.1, -0.05) is 25.4 Å². The van der Waals surface area contributed by atoms with Crippen molar-refractivity contribution in [3.8, 4) is 0 Å². The lowest BCUT2D eigenvalue weighted by molar-refractivity contribution is 0.00453. The summed E-state index contributed by atoms with van der Waals surface area (Å²) in [6.45, 7) is 6.82. The second-order valence-corrected chi connectivity index (χ2v) is 8.76. The van der Waals surface area contributed by atoms with Crippen molar-refractivity contribution >= 4 is 23.3 Å². The van der Waals surface area contributed by atoms with Crippen molar-refractivity contribution in [1.82, 2.24) is 0 Å². The Labute approximate surface area is 166 Å². The smallest absolute Gasteiger partial charge is 0.336 e. The third-order valence-corrected chi connectivity index (χ3v) is 6.64. The van der Waals surface area contributed by atoms with E-state index in [-0.39, 0.29) is 17.4 Å². The molecule has 1 fully saturated rings. The zero-order chi connectivity index (χ0) is 19.8. The van der Waals surface area contributed by atoms with E-state index in [1.807, 2.05) is 0 Å². The van der Waals surface area contributed by atoms with Crippen molar-refractivity contribution in [2.24, 2.45) is 11.1 Å². The summed E-state index contributed by atoms with van der Waals surface area (Å²) in [5.74, 6) is -0.850. The number of nitrogens with zero attached hydrogens (tertiary/aromatic N) is 1. The number of ether oxygens (including phenoxy) is 1. The Hall–Kier alpha value is -1.30. The van der Waals surface area contributed by atoms with Crippen LogP contribution in [0.1, 0.15) is 79.5 Å². The maximum atomic E-state index is 12.1. The minimum Gasteiger partial charge on any atom is -0.478 e. The summed E-state index contributed by atoms with van der Waals surface area (Å²) in [7, 11) is 1.71. The van der Waals surface area contributed by atoms with Crippen molar-refractivity contribution in [3.63, 3.8) is 0 Å². The summed E-state index contributed by atoms with van der Waals surface area (Å²) in [6.07, 6.45) is 4.99. The van der Waals surface area contributed by atoms with Gasteiger partial charge in [0.2, 0.25) is 0 Å². The van der Waals surface area contributed by atoms with E-state index in [2.05, 4.69) is 18.7 Å². The molecule has 0 saturated carbocycles. The quantitative estimate of drug-likeness (QED) is 0.738.